The second-order valence-corrected chi connectivity index (χ2v) is 8.61. The van der Waals surface area contributed by atoms with E-state index in [4.69, 9.17) is 9.15 Å². The summed E-state index contributed by atoms with van der Waals surface area (Å²) in [5.41, 5.74) is 1.67. The van der Waals surface area contributed by atoms with Crippen LogP contribution in [0.3, 0.4) is 0 Å². The van der Waals surface area contributed by atoms with Crippen molar-refractivity contribution in [2.24, 2.45) is 4.99 Å². The number of ether oxygens (including phenoxy) is 1. The van der Waals surface area contributed by atoms with Gasteiger partial charge in [-0.2, -0.15) is 0 Å². The zero-order valence-electron chi connectivity index (χ0n) is 18.8. The number of guanidine groups is 1. The van der Waals surface area contributed by atoms with Crippen molar-refractivity contribution in [2.45, 2.75) is 65.1 Å². The zero-order valence-corrected chi connectivity index (χ0v) is 18.8. The predicted molar refractivity (Wildman–Crippen MR) is 121 cm³/mol. The molecule has 1 amide bonds. The molecular weight excluding hydrogens is 394 g/mol. The van der Waals surface area contributed by atoms with Crippen molar-refractivity contribution < 1.29 is 13.9 Å². The molecule has 0 spiro atoms. The molecule has 2 heterocycles. The molecule has 3 N–H and O–H groups in total. The average Bonchev–Trinajstić information content (AvgIpc) is 3.42. The van der Waals surface area contributed by atoms with Crippen molar-refractivity contribution in [3.05, 3.63) is 47.7 Å². The van der Waals surface area contributed by atoms with Gasteiger partial charge < -0.3 is 25.1 Å². The van der Waals surface area contributed by atoms with Gasteiger partial charge in [0.15, 0.2) is 5.96 Å². The molecule has 168 valence electrons. The molecule has 1 atom stereocenters. The molecule has 2 aromatic rings. The van der Waals surface area contributed by atoms with Crippen LogP contribution in [-0.2, 0) is 28.0 Å². The van der Waals surface area contributed by atoms with Gasteiger partial charge in [0, 0.05) is 24.3 Å². The Labute approximate surface area is 183 Å². The monoisotopic (exact) mass is 427 g/mol. The first kappa shape index (κ1) is 22.8. The van der Waals surface area contributed by atoms with Gasteiger partial charge in [0.1, 0.15) is 11.9 Å². The van der Waals surface area contributed by atoms with Crippen LogP contribution in [0.5, 0.6) is 0 Å². The number of carbonyl (C=O) groups is 1. The molecule has 31 heavy (non-hydrogen) atoms. The highest BCUT2D eigenvalue weighted by Crippen LogP contribution is 2.22. The van der Waals surface area contributed by atoms with Crippen LogP contribution in [0.1, 0.15) is 57.8 Å². The third-order valence-corrected chi connectivity index (χ3v) is 4.88. The molecule has 1 fully saturated rings. The molecular formula is C23H33N5O3. The summed E-state index contributed by atoms with van der Waals surface area (Å²) in [6.07, 6.45) is 3.13. The maximum Gasteiger partial charge on any atom is 0.253 e. The number of hydrogen-bond donors (Lipinski definition) is 3. The van der Waals surface area contributed by atoms with Gasteiger partial charge in [-0.1, -0.05) is 32.9 Å². The molecule has 8 nitrogen and oxygen atoms in total. The number of aromatic nitrogens is 1. The smallest absolute Gasteiger partial charge is 0.253 e. The number of nitrogens with one attached hydrogen (secondary N) is 3. The molecule has 0 bridgehead atoms. The Morgan fingerprint density at radius 2 is 2.13 bits per heavy atom. The fraction of sp³-hybridized carbons (Fsp3) is 0.522. The van der Waals surface area contributed by atoms with Crippen molar-refractivity contribution in [3.8, 4) is 0 Å². The second-order valence-electron chi connectivity index (χ2n) is 8.61. The lowest BCUT2D eigenvalue weighted by molar-refractivity contribution is -0.124. The Balaban J connectivity index is 1.58. The number of anilines is 1. The zero-order chi connectivity index (χ0) is 22.3. The normalized spacial score (nSPS) is 16.9. The van der Waals surface area contributed by atoms with E-state index in [2.05, 4.69) is 46.7 Å². The SMILES string of the molecule is CCNC(=NCc1cccc(NC(=O)C2CCCO2)c1)NCc1ncc(C(C)(C)C)o1. The third-order valence-electron chi connectivity index (χ3n) is 4.88. The van der Waals surface area contributed by atoms with E-state index in [1.54, 1.807) is 6.20 Å². The van der Waals surface area contributed by atoms with Crippen LogP contribution in [0.25, 0.3) is 0 Å². The minimum absolute atomic E-state index is 0.0752. The molecule has 0 radical (unpaired) electrons. The van der Waals surface area contributed by atoms with Crippen molar-refractivity contribution in [2.75, 3.05) is 18.5 Å². The fourth-order valence-corrected chi connectivity index (χ4v) is 3.16. The number of benzene rings is 1. The summed E-state index contributed by atoms with van der Waals surface area (Å²) in [5.74, 6) is 2.06. The van der Waals surface area contributed by atoms with E-state index in [9.17, 15) is 4.79 Å². The van der Waals surface area contributed by atoms with Crippen LogP contribution in [-0.4, -0.2) is 36.1 Å². The molecule has 0 aliphatic carbocycles. The summed E-state index contributed by atoms with van der Waals surface area (Å²) in [7, 11) is 0. The van der Waals surface area contributed by atoms with E-state index in [0.717, 1.165) is 36.4 Å². The van der Waals surface area contributed by atoms with E-state index in [0.29, 0.717) is 31.5 Å². The number of oxazole rings is 1. The van der Waals surface area contributed by atoms with E-state index in [-0.39, 0.29) is 17.4 Å². The molecule has 1 aromatic heterocycles. The van der Waals surface area contributed by atoms with Gasteiger partial charge in [-0.3, -0.25) is 4.79 Å². The Morgan fingerprint density at radius 3 is 2.81 bits per heavy atom. The van der Waals surface area contributed by atoms with Crippen LogP contribution >= 0.6 is 0 Å². The van der Waals surface area contributed by atoms with Crippen LogP contribution in [0.2, 0.25) is 0 Å². The van der Waals surface area contributed by atoms with Gasteiger partial charge in [0.2, 0.25) is 5.89 Å². The first-order chi connectivity index (χ1) is 14.8. The van der Waals surface area contributed by atoms with Gasteiger partial charge in [-0.25, -0.2) is 9.98 Å². The highest BCUT2D eigenvalue weighted by molar-refractivity contribution is 5.94. The molecule has 0 saturated carbocycles. The van der Waals surface area contributed by atoms with Crippen molar-refractivity contribution in [1.29, 1.82) is 0 Å². The molecule has 1 saturated heterocycles. The lowest BCUT2D eigenvalue weighted by atomic mass is 9.94. The van der Waals surface area contributed by atoms with Gasteiger partial charge in [-0.05, 0) is 37.5 Å². The standard InChI is InChI=1S/C23H33N5O3/c1-5-24-22(27-15-20-25-14-19(31-20)23(2,3)4)26-13-16-8-6-9-17(12-16)28-21(29)18-10-7-11-30-18/h6,8-9,12,14,18H,5,7,10-11,13,15H2,1-4H3,(H,28,29)(H2,24,26,27). The van der Waals surface area contributed by atoms with E-state index in [1.165, 1.54) is 0 Å². The lowest BCUT2D eigenvalue weighted by Crippen LogP contribution is -2.36. The second kappa shape index (κ2) is 10.4. The fourth-order valence-electron chi connectivity index (χ4n) is 3.16. The Morgan fingerprint density at radius 1 is 1.29 bits per heavy atom. The van der Waals surface area contributed by atoms with Crippen LogP contribution in [0, 0.1) is 0 Å². The summed E-state index contributed by atoms with van der Waals surface area (Å²) in [6, 6.07) is 7.71. The van der Waals surface area contributed by atoms with Crippen LogP contribution < -0.4 is 16.0 Å². The highest BCUT2D eigenvalue weighted by atomic mass is 16.5. The summed E-state index contributed by atoms with van der Waals surface area (Å²) in [5, 5.41) is 9.41. The first-order valence-corrected chi connectivity index (χ1v) is 10.8. The topological polar surface area (TPSA) is 101 Å². The van der Waals surface area contributed by atoms with Gasteiger partial charge in [0.25, 0.3) is 5.91 Å². The third kappa shape index (κ3) is 6.82. The maximum absolute atomic E-state index is 12.3. The number of hydrogen-bond acceptors (Lipinski definition) is 5. The first-order valence-electron chi connectivity index (χ1n) is 10.8. The maximum atomic E-state index is 12.3. The van der Waals surface area contributed by atoms with Crippen LogP contribution in [0.15, 0.2) is 39.9 Å². The molecule has 1 aliphatic rings. The van der Waals surface area contributed by atoms with Crippen LogP contribution in [0.4, 0.5) is 5.69 Å². The summed E-state index contributed by atoms with van der Waals surface area (Å²) >= 11 is 0. The lowest BCUT2D eigenvalue weighted by Gasteiger charge is -2.13. The number of nitrogens with zero attached hydrogens (tertiary/aromatic N) is 2. The van der Waals surface area contributed by atoms with E-state index < -0.39 is 0 Å². The average molecular weight is 428 g/mol. The largest absolute Gasteiger partial charge is 0.443 e. The number of amides is 1. The Bertz CT molecular complexity index is 895. The molecule has 1 aliphatic heterocycles. The highest BCUT2D eigenvalue weighted by Gasteiger charge is 2.23. The van der Waals surface area contributed by atoms with Gasteiger partial charge in [-0.15, -0.1) is 0 Å². The van der Waals surface area contributed by atoms with Crippen molar-refractivity contribution in [3.63, 3.8) is 0 Å². The van der Waals surface area contributed by atoms with Gasteiger partial charge in [0.05, 0.1) is 19.3 Å². The predicted octanol–water partition coefficient (Wildman–Crippen LogP) is 3.34. The Kier molecular flexibility index (Phi) is 7.68. The summed E-state index contributed by atoms with van der Waals surface area (Å²) in [6.45, 7) is 10.6. The quantitative estimate of drug-likeness (QED) is 0.463. The molecule has 1 aromatic carbocycles. The summed E-state index contributed by atoms with van der Waals surface area (Å²) in [4.78, 5) is 21.2. The number of aliphatic imine (C=N–C) groups is 1. The molecule has 1 unspecified atom stereocenters. The minimum Gasteiger partial charge on any atom is -0.443 e. The van der Waals surface area contributed by atoms with Gasteiger partial charge >= 0.3 is 0 Å². The van der Waals surface area contributed by atoms with E-state index in [1.807, 2.05) is 31.2 Å². The number of carbonyl (C=O) groups excluding carboxylic acids is 1. The Hall–Kier alpha value is -2.87. The minimum atomic E-state index is -0.347. The molecule has 3 rings (SSSR count). The van der Waals surface area contributed by atoms with Crippen molar-refractivity contribution >= 4 is 17.6 Å². The summed E-state index contributed by atoms with van der Waals surface area (Å²) < 4.78 is 11.3. The van der Waals surface area contributed by atoms with Crippen molar-refractivity contribution in [1.82, 2.24) is 15.6 Å². The molecule has 8 heteroatoms. The number of rotatable bonds is 7. The van der Waals surface area contributed by atoms with E-state index >= 15 is 0 Å².